The van der Waals surface area contributed by atoms with E-state index in [1.54, 1.807) is 6.92 Å². The van der Waals surface area contributed by atoms with Gasteiger partial charge in [-0.15, -0.1) is 0 Å². The van der Waals surface area contributed by atoms with Crippen molar-refractivity contribution in [2.24, 2.45) is 0 Å². The van der Waals surface area contributed by atoms with E-state index >= 15 is 0 Å². The van der Waals surface area contributed by atoms with Gasteiger partial charge in [0.05, 0.1) is 6.61 Å². The molecule has 144 valence electrons. The second-order valence-electron chi connectivity index (χ2n) is 6.68. The Balaban J connectivity index is 2.08. The molecule has 2 aromatic carbocycles. The fraction of sp³-hybridized carbons (Fsp3) is 0.409. The molecule has 0 saturated carbocycles. The van der Waals surface area contributed by atoms with Gasteiger partial charge in [0.1, 0.15) is 25.4 Å². The van der Waals surface area contributed by atoms with E-state index < -0.39 is 0 Å². The molecule has 0 heterocycles. The minimum absolute atomic E-state index is 0.0237. The van der Waals surface area contributed by atoms with Crippen LogP contribution in [-0.2, 0) is 9.53 Å². The number of hydrogen-bond acceptors (Lipinski definition) is 4. The first-order chi connectivity index (χ1) is 13.0. The van der Waals surface area contributed by atoms with Crippen molar-refractivity contribution < 1.29 is 19.0 Å². The summed E-state index contributed by atoms with van der Waals surface area (Å²) in [6.45, 7) is 6.18. The standard InChI is InChI=1S/C22H29BO4/c1-4-6-10-21(17-8-7-9-18(23)14-17)27-19-11-12-20(16(3)13-19)26-15-22(24)25-5-2/h7-9,11-14,21H,4-6,10,15,23H2,1-3H3. The molecule has 1 atom stereocenters. The maximum atomic E-state index is 11.5. The molecular weight excluding hydrogens is 339 g/mol. The van der Waals surface area contributed by atoms with Crippen molar-refractivity contribution in [2.45, 2.75) is 46.1 Å². The summed E-state index contributed by atoms with van der Waals surface area (Å²) in [4.78, 5) is 11.5. The molecule has 0 spiro atoms. The maximum Gasteiger partial charge on any atom is 0.344 e. The Labute approximate surface area is 163 Å². The third kappa shape index (κ3) is 6.67. The van der Waals surface area contributed by atoms with Crippen molar-refractivity contribution in [3.05, 3.63) is 53.6 Å². The molecular formula is C22H29BO4. The Bertz CT molecular complexity index is 745. The summed E-state index contributed by atoms with van der Waals surface area (Å²) in [5.41, 5.74) is 3.36. The van der Waals surface area contributed by atoms with Gasteiger partial charge in [0, 0.05) is 0 Å². The fourth-order valence-electron chi connectivity index (χ4n) is 2.91. The molecule has 0 radical (unpaired) electrons. The number of carbonyl (C=O) groups is 1. The molecule has 27 heavy (non-hydrogen) atoms. The molecule has 0 N–H and O–H groups in total. The van der Waals surface area contributed by atoms with E-state index in [0.717, 1.165) is 30.6 Å². The summed E-state index contributed by atoms with van der Waals surface area (Å²) in [6.07, 6.45) is 3.24. The van der Waals surface area contributed by atoms with Gasteiger partial charge >= 0.3 is 5.97 Å². The lowest BCUT2D eigenvalue weighted by molar-refractivity contribution is -0.145. The second-order valence-corrected chi connectivity index (χ2v) is 6.68. The van der Waals surface area contributed by atoms with E-state index in [-0.39, 0.29) is 18.7 Å². The number of esters is 1. The Kier molecular flexibility index (Phi) is 8.24. The minimum atomic E-state index is -0.365. The highest BCUT2D eigenvalue weighted by Crippen LogP contribution is 2.29. The number of rotatable bonds is 10. The van der Waals surface area contributed by atoms with E-state index in [4.69, 9.17) is 14.2 Å². The summed E-state index contributed by atoms with van der Waals surface area (Å²) in [5, 5.41) is 0. The monoisotopic (exact) mass is 368 g/mol. The summed E-state index contributed by atoms with van der Waals surface area (Å²) in [6, 6.07) is 14.2. The Morgan fingerprint density at radius 2 is 1.96 bits per heavy atom. The maximum absolute atomic E-state index is 11.5. The molecule has 0 aliphatic rings. The topological polar surface area (TPSA) is 44.8 Å². The van der Waals surface area contributed by atoms with Crippen LogP contribution < -0.4 is 14.9 Å². The second kappa shape index (κ2) is 10.7. The normalized spacial score (nSPS) is 11.7. The molecule has 0 amide bonds. The van der Waals surface area contributed by atoms with Crippen LogP contribution in [0.3, 0.4) is 0 Å². The van der Waals surface area contributed by atoms with Gasteiger partial charge in [-0.05, 0) is 56.0 Å². The van der Waals surface area contributed by atoms with Crippen LogP contribution in [0.25, 0.3) is 0 Å². The molecule has 0 bridgehead atoms. The van der Waals surface area contributed by atoms with Crippen molar-refractivity contribution in [3.63, 3.8) is 0 Å². The molecule has 0 fully saturated rings. The summed E-state index contributed by atoms with van der Waals surface area (Å²) in [7, 11) is 2.10. The summed E-state index contributed by atoms with van der Waals surface area (Å²) in [5.74, 6) is 1.10. The molecule has 1 unspecified atom stereocenters. The lowest BCUT2D eigenvalue weighted by atomic mass is 9.92. The summed E-state index contributed by atoms with van der Waals surface area (Å²) < 4.78 is 16.7. The third-order valence-electron chi connectivity index (χ3n) is 4.31. The lowest BCUT2D eigenvalue weighted by Gasteiger charge is -2.21. The van der Waals surface area contributed by atoms with Crippen molar-refractivity contribution in [1.29, 1.82) is 0 Å². The molecule has 4 nitrogen and oxygen atoms in total. The van der Waals surface area contributed by atoms with Gasteiger partial charge in [-0.1, -0.05) is 43.1 Å². The van der Waals surface area contributed by atoms with Crippen LogP contribution in [-0.4, -0.2) is 27.0 Å². The minimum Gasteiger partial charge on any atom is -0.486 e. The molecule has 5 heteroatoms. The first kappa shape index (κ1) is 20.9. The largest absolute Gasteiger partial charge is 0.486 e. The highest BCUT2D eigenvalue weighted by atomic mass is 16.6. The Morgan fingerprint density at radius 3 is 2.63 bits per heavy atom. The van der Waals surface area contributed by atoms with E-state index in [9.17, 15) is 4.79 Å². The highest BCUT2D eigenvalue weighted by Gasteiger charge is 2.14. The average Bonchev–Trinajstić information content (AvgIpc) is 2.64. The van der Waals surface area contributed by atoms with Crippen LogP contribution in [0.2, 0.25) is 0 Å². The number of aryl methyl sites for hydroxylation is 1. The fourth-order valence-corrected chi connectivity index (χ4v) is 2.91. The number of ether oxygens (including phenoxy) is 3. The lowest BCUT2D eigenvalue weighted by Crippen LogP contribution is -2.15. The van der Waals surface area contributed by atoms with Gasteiger partial charge in [-0.2, -0.15) is 0 Å². The zero-order valence-corrected chi connectivity index (χ0v) is 16.8. The number of benzene rings is 2. The zero-order chi connectivity index (χ0) is 19.6. The summed E-state index contributed by atoms with van der Waals surface area (Å²) >= 11 is 0. The van der Waals surface area contributed by atoms with Crippen molar-refractivity contribution >= 4 is 19.3 Å². The molecule has 0 saturated heterocycles. The molecule has 0 aromatic heterocycles. The number of carbonyl (C=O) groups excluding carboxylic acids is 1. The van der Waals surface area contributed by atoms with E-state index in [2.05, 4.69) is 39.0 Å². The van der Waals surface area contributed by atoms with Gasteiger partial charge in [0.25, 0.3) is 0 Å². The van der Waals surface area contributed by atoms with Crippen LogP contribution in [0.15, 0.2) is 42.5 Å². The van der Waals surface area contributed by atoms with Crippen LogP contribution in [0, 0.1) is 6.92 Å². The first-order valence-electron chi connectivity index (χ1n) is 9.65. The third-order valence-corrected chi connectivity index (χ3v) is 4.31. The van der Waals surface area contributed by atoms with Gasteiger partial charge < -0.3 is 14.2 Å². The SMILES string of the molecule is Bc1cccc(C(CCCC)Oc2ccc(OCC(=O)OCC)c(C)c2)c1. The van der Waals surface area contributed by atoms with Gasteiger partial charge in [0.2, 0.25) is 0 Å². The first-order valence-corrected chi connectivity index (χ1v) is 9.65. The number of unbranched alkanes of at least 4 members (excludes halogenated alkanes) is 1. The van der Waals surface area contributed by atoms with Crippen LogP contribution in [0.4, 0.5) is 0 Å². The van der Waals surface area contributed by atoms with Gasteiger partial charge in [-0.25, -0.2) is 4.79 Å². The zero-order valence-electron chi connectivity index (χ0n) is 16.8. The van der Waals surface area contributed by atoms with E-state index in [1.807, 2.05) is 25.1 Å². The van der Waals surface area contributed by atoms with Crippen molar-refractivity contribution in [1.82, 2.24) is 0 Å². The van der Waals surface area contributed by atoms with Crippen LogP contribution >= 0.6 is 0 Å². The van der Waals surface area contributed by atoms with Crippen LogP contribution in [0.1, 0.15) is 50.3 Å². The molecule has 0 aliphatic carbocycles. The van der Waals surface area contributed by atoms with Crippen molar-refractivity contribution in [3.8, 4) is 11.5 Å². The quantitative estimate of drug-likeness (QED) is 0.476. The molecule has 2 rings (SSSR count). The van der Waals surface area contributed by atoms with Crippen molar-refractivity contribution in [2.75, 3.05) is 13.2 Å². The average molecular weight is 368 g/mol. The Hall–Kier alpha value is -2.43. The smallest absolute Gasteiger partial charge is 0.344 e. The molecule has 0 aliphatic heterocycles. The predicted molar refractivity (Wildman–Crippen MR) is 111 cm³/mol. The van der Waals surface area contributed by atoms with E-state index in [0.29, 0.717) is 12.4 Å². The van der Waals surface area contributed by atoms with Gasteiger partial charge in [0.15, 0.2) is 6.61 Å². The van der Waals surface area contributed by atoms with E-state index in [1.165, 1.54) is 11.0 Å². The highest BCUT2D eigenvalue weighted by molar-refractivity contribution is 6.32. The van der Waals surface area contributed by atoms with Crippen LogP contribution in [0.5, 0.6) is 11.5 Å². The Morgan fingerprint density at radius 1 is 1.15 bits per heavy atom. The van der Waals surface area contributed by atoms with Gasteiger partial charge in [-0.3, -0.25) is 0 Å². The number of hydrogen-bond donors (Lipinski definition) is 0. The predicted octanol–water partition coefficient (Wildman–Crippen LogP) is 3.51. The molecule has 2 aromatic rings.